The Kier molecular flexibility index (Phi) is 5.31. The molecular weight excluding hydrogens is 192 g/mol. The van der Waals surface area contributed by atoms with Crippen molar-refractivity contribution in [1.82, 2.24) is 15.0 Å². The predicted molar refractivity (Wildman–Crippen MR) is 59.1 cm³/mol. The number of nitrogens with zero attached hydrogens (tertiary/aromatic N) is 2. The molecule has 0 saturated carbocycles. The number of aromatic nitrogens is 2. The third-order valence-electron chi connectivity index (χ3n) is 2.40. The number of rotatable bonds is 7. The van der Waals surface area contributed by atoms with Crippen LogP contribution in [-0.4, -0.2) is 28.8 Å². The van der Waals surface area contributed by atoms with Crippen LogP contribution in [0.1, 0.15) is 19.2 Å². The van der Waals surface area contributed by atoms with Crippen molar-refractivity contribution in [3.05, 3.63) is 18.2 Å². The van der Waals surface area contributed by atoms with Crippen molar-refractivity contribution in [2.75, 3.05) is 13.2 Å². The van der Waals surface area contributed by atoms with Crippen molar-refractivity contribution >= 4 is 0 Å². The van der Waals surface area contributed by atoms with Gasteiger partial charge in [0.2, 0.25) is 0 Å². The number of hydrazine groups is 1. The van der Waals surface area contributed by atoms with E-state index in [9.17, 15) is 0 Å². The first-order valence-corrected chi connectivity index (χ1v) is 5.28. The van der Waals surface area contributed by atoms with Crippen molar-refractivity contribution in [2.45, 2.75) is 25.8 Å². The van der Waals surface area contributed by atoms with Gasteiger partial charge >= 0.3 is 0 Å². The lowest BCUT2D eigenvalue weighted by Crippen LogP contribution is -2.38. The van der Waals surface area contributed by atoms with Crippen LogP contribution in [0, 0.1) is 0 Å². The van der Waals surface area contributed by atoms with E-state index in [0.29, 0.717) is 0 Å². The smallest absolute Gasteiger partial charge is 0.109 e. The molecular formula is C10H20N4O. The number of ether oxygens (including phenoxy) is 1. The third-order valence-corrected chi connectivity index (χ3v) is 2.40. The van der Waals surface area contributed by atoms with Crippen LogP contribution in [0.4, 0.5) is 0 Å². The molecule has 86 valence electrons. The van der Waals surface area contributed by atoms with E-state index in [-0.39, 0.29) is 6.04 Å². The van der Waals surface area contributed by atoms with Gasteiger partial charge in [0.05, 0.1) is 0 Å². The molecule has 0 aliphatic heterocycles. The fraction of sp³-hybridized carbons (Fsp3) is 0.700. The third kappa shape index (κ3) is 3.99. The van der Waals surface area contributed by atoms with E-state index >= 15 is 0 Å². The van der Waals surface area contributed by atoms with E-state index in [0.717, 1.165) is 31.9 Å². The first kappa shape index (κ1) is 12.2. The van der Waals surface area contributed by atoms with Crippen molar-refractivity contribution in [3.8, 4) is 0 Å². The molecule has 1 unspecified atom stereocenters. The predicted octanol–water partition coefficient (Wildman–Crippen LogP) is 0.221. The van der Waals surface area contributed by atoms with Crippen LogP contribution in [0.25, 0.3) is 0 Å². The molecule has 0 spiro atoms. The maximum atomic E-state index is 5.48. The summed E-state index contributed by atoms with van der Waals surface area (Å²) in [6.45, 7) is 3.47. The van der Waals surface area contributed by atoms with Gasteiger partial charge in [0.1, 0.15) is 5.82 Å². The van der Waals surface area contributed by atoms with Gasteiger partial charge in [0.25, 0.3) is 0 Å². The summed E-state index contributed by atoms with van der Waals surface area (Å²) in [5, 5.41) is 0. The summed E-state index contributed by atoms with van der Waals surface area (Å²) in [5.74, 6) is 6.52. The molecule has 0 aliphatic rings. The van der Waals surface area contributed by atoms with Gasteiger partial charge in [-0.15, -0.1) is 0 Å². The normalized spacial score (nSPS) is 13.0. The van der Waals surface area contributed by atoms with E-state index in [1.165, 1.54) is 0 Å². The molecule has 0 bridgehead atoms. The summed E-state index contributed by atoms with van der Waals surface area (Å²) in [4.78, 5) is 4.26. The molecule has 1 aromatic rings. The molecule has 0 amide bonds. The maximum Gasteiger partial charge on any atom is 0.109 e. The summed E-state index contributed by atoms with van der Waals surface area (Å²) in [6, 6.07) is 0.220. The molecule has 5 nitrogen and oxygen atoms in total. The summed E-state index contributed by atoms with van der Waals surface area (Å²) < 4.78 is 7.30. The fourth-order valence-corrected chi connectivity index (χ4v) is 1.43. The van der Waals surface area contributed by atoms with Crippen LogP contribution in [-0.2, 0) is 18.2 Å². The largest absolute Gasteiger partial charge is 0.382 e. The Morgan fingerprint density at radius 3 is 3.00 bits per heavy atom. The van der Waals surface area contributed by atoms with Crippen molar-refractivity contribution in [1.29, 1.82) is 0 Å². The van der Waals surface area contributed by atoms with Gasteiger partial charge in [0.15, 0.2) is 0 Å². The molecule has 1 aromatic heterocycles. The summed E-state index contributed by atoms with van der Waals surface area (Å²) >= 11 is 0. The van der Waals surface area contributed by atoms with Crippen LogP contribution >= 0.6 is 0 Å². The molecule has 5 heteroatoms. The van der Waals surface area contributed by atoms with Gasteiger partial charge < -0.3 is 9.30 Å². The highest BCUT2D eigenvalue weighted by molar-refractivity contribution is 4.94. The Hall–Kier alpha value is -0.910. The minimum absolute atomic E-state index is 0.220. The van der Waals surface area contributed by atoms with Gasteiger partial charge in [-0.25, -0.2) is 4.98 Å². The monoisotopic (exact) mass is 212 g/mol. The average molecular weight is 212 g/mol. The first-order chi connectivity index (χ1) is 7.27. The number of aryl methyl sites for hydroxylation is 1. The van der Waals surface area contributed by atoms with E-state index in [1.54, 1.807) is 6.20 Å². The number of hydrogen-bond donors (Lipinski definition) is 2. The fourth-order valence-electron chi connectivity index (χ4n) is 1.43. The summed E-state index contributed by atoms with van der Waals surface area (Å²) in [6.07, 6.45) is 5.46. The highest BCUT2D eigenvalue weighted by Crippen LogP contribution is 2.02. The Morgan fingerprint density at radius 2 is 2.47 bits per heavy atom. The van der Waals surface area contributed by atoms with Crippen LogP contribution in [0.15, 0.2) is 12.4 Å². The minimum Gasteiger partial charge on any atom is -0.382 e. The molecule has 1 heterocycles. The number of nitrogens with two attached hydrogens (primary N) is 1. The van der Waals surface area contributed by atoms with E-state index in [1.807, 2.05) is 24.7 Å². The molecule has 1 rings (SSSR count). The molecule has 1 atom stereocenters. The summed E-state index contributed by atoms with van der Waals surface area (Å²) in [7, 11) is 1.98. The second-order valence-corrected chi connectivity index (χ2v) is 3.51. The van der Waals surface area contributed by atoms with Gasteiger partial charge in [-0.05, 0) is 13.3 Å². The zero-order valence-corrected chi connectivity index (χ0v) is 9.44. The molecule has 0 radical (unpaired) electrons. The second-order valence-electron chi connectivity index (χ2n) is 3.51. The van der Waals surface area contributed by atoms with Crippen molar-refractivity contribution in [2.24, 2.45) is 12.9 Å². The summed E-state index contributed by atoms with van der Waals surface area (Å²) in [5.41, 5.74) is 2.79. The number of nitrogens with one attached hydrogen (secondary N) is 1. The lowest BCUT2D eigenvalue weighted by atomic mass is 10.1. The average Bonchev–Trinajstić information content (AvgIpc) is 2.63. The molecule has 0 aromatic carbocycles. The highest BCUT2D eigenvalue weighted by Gasteiger charge is 2.10. The van der Waals surface area contributed by atoms with E-state index in [4.69, 9.17) is 10.6 Å². The Labute approximate surface area is 90.6 Å². The van der Waals surface area contributed by atoms with Crippen LogP contribution in [0.2, 0.25) is 0 Å². The Balaban J connectivity index is 2.36. The van der Waals surface area contributed by atoms with Gasteiger partial charge in [-0.3, -0.25) is 11.3 Å². The Morgan fingerprint density at radius 1 is 1.67 bits per heavy atom. The van der Waals surface area contributed by atoms with Crippen molar-refractivity contribution in [3.63, 3.8) is 0 Å². The number of hydrogen-bond acceptors (Lipinski definition) is 4. The Bertz CT molecular complexity index is 274. The molecule has 3 N–H and O–H groups in total. The standard InChI is InChI=1S/C10H20N4O/c1-3-15-7-4-9(13-11)8-10-12-5-6-14(10)2/h5-6,9,13H,3-4,7-8,11H2,1-2H3. The molecule has 0 saturated heterocycles. The molecule has 15 heavy (non-hydrogen) atoms. The van der Waals surface area contributed by atoms with Gasteiger partial charge in [0, 0.05) is 45.1 Å². The SMILES string of the molecule is CCOCCC(Cc1nccn1C)NN. The van der Waals surface area contributed by atoms with Crippen molar-refractivity contribution < 1.29 is 4.74 Å². The molecule has 0 fully saturated rings. The lowest BCUT2D eigenvalue weighted by Gasteiger charge is -2.15. The lowest BCUT2D eigenvalue weighted by molar-refractivity contribution is 0.136. The van der Waals surface area contributed by atoms with Gasteiger partial charge in [-0.2, -0.15) is 0 Å². The maximum absolute atomic E-state index is 5.48. The van der Waals surface area contributed by atoms with E-state index in [2.05, 4.69) is 10.4 Å². The zero-order chi connectivity index (χ0) is 11.1. The molecule has 0 aliphatic carbocycles. The number of imidazole rings is 1. The van der Waals surface area contributed by atoms with Crippen LogP contribution in [0.5, 0.6) is 0 Å². The second kappa shape index (κ2) is 6.55. The minimum atomic E-state index is 0.220. The topological polar surface area (TPSA) is 65.1 Å². The first-order valence-electron chi connectivity index (χ1n) is 5.28. The van der Waals surface area contributed by atoms with Crippen LogP contribution < -0.4 is 11.3 Å². The zero-order valence-electron chi connectivity index (χ0n) is 9.44. The van der Waals surface area contributed by atoms with Crippen LogP contribution in [0.3, 0.4) is 0 Å². The van der Waals surface area contributed by atoms with Gasteiger partial charge in [-0.1, -0.05) is 0 Å². The van der Waals surface area contributed by atoms with E-state index < -0.39 is 0 Å². The highest BCUT2D eigenvalue weighted by atomic mass is 16.5. The quantitative estimate of drug-likeness (QED) is 0.385.